The van der Waals surface area contributed by atoms with E-state index in [-0.39, 0.29) is 0 Å². The van der Waals surface area contributed by atoms with Crippen LogP contribution < -0.4 is 5.32 Å². The maximum absolute atomic E-state index is 3.95. The quantitative estimate of drug-likeness (QED) is 0.489. The number of rotatable bonds is 0. The van der Waals surface area contributed by atoms with Gasteiger partial charge in [0, 0.05) is 6.29 Å². The van der Waals surface area contributed by atoms with Crippen LogP contribution in [0.15, 0.2) is 11.9 Å². The molecular weight excluding hydrogens is 117 g/mol. The summed E-state index contributed by atoms with van der Waals surface area (Å²) in [5, 5.41) is 4.77. The lowest BCUT2D eigenvalue weighted by Gasteiger charge is -1.94. The van der Waals surface area contributed by atoms with Crippen LogP contribution >= 0.6 is 8.58 Å². The Morgan fingerprint density at radius 2 is 2.50 bits per heavy atom. The van der Waals surface area contributed by atoms with Crippen molar-refractivity contribution in [3.63, 3.8) is 0 Å². The van der Waals surface area contributed by atoms with Crippen molar-refractivity contribution < 1.29 is 0 Å². The van der Waals surface area contributed by atoms with E-state index < -0.39 is 0 Å². The van der Waals surface area contributed by atoms with Crippen LogP contribution in [0.2, 0.25) is 0 Å². The van der Waals surface area contributed by atoms with E-state index >= 15 is 0 Å². The molecular formula is C6H12NP. The van der Waals surface area contributed by atoms with Crippen molar-refractivity contribution in [2.45, 2.75) is 12.8 Å². The summed E-state index contributed by atoms with van der Waals surface area (Å²) >= 11 is 0. The van der Waals surface area contributed by atoms with Crippen molar-refractivity contribution in [1.29, 1.82) is 0 Å². The monoisotopic (exact) mass is 129 g/mol. The highest BCUT2D eigenvalue weighted by Crippen LogP contribution is 2.25. The molecule has 0 saturated carbocycles. The molecule has 1 aliphatic rings. The third-order valence-corrected chi connectivity index (χ3v) is 2.47. The summed E-state index contributed by atoms with van der Waals surface area (Å²) in [5.74, 6) is 0. The second-order valence-electron chi connectivity index (χ2n) is 2.06. The third-order valence-electron chi connectivity index (χ3n) is 1.30. The number of hydrogen-bond donors (Lipinski definition) is 1. The minimum atomic E-state index is 0.963. The van der Waals surface area contributed by atoms with Gasteiger partial charge in [-0.05, 0) is 19.4 Å². The molecule has 0 aliphatic carbocycles. The molecule has 1 aliphatic heterocycles. The lowest BCUT2D eigenvalue weighted by Crippen LogP contribution is -2.10. The van der Waals surface area contributed by atoms with Crippen LogP contribution in [-0.4, -0.2) is 12.8 Å². The van der Waals surface area contributed by atoms with Crippen molar-refractivity contribution in [2.75, 3.05) is 12.8 Å². The molecule has 46 valence electrons. The van der Waals surface area contributed by atoms with E-state index in [1.807, 2.05) is 0 Å². The van der Waals surface area contributed by atoms with Crippen molar-refractivity contribution in [1.82, 2.24) is 5.32 Å². The molecule has 1 heterocycles. The minimum absolute atomic E-state index is 0.963. The molecule has 0 aromatic carbocycles. The van der Waals surface area contributed by atoms with Crippen LogP contribution in [0.25, 0.3) is 0 Å². The van der Waals surface area contributed by atoms with Crippen molar-refractivity contribution in [3.05, 3.63) is 11.9 Å². The Morgan fingerprint density at radius 1 is 1.62 bits per heavy atom. The van der Waals surface area contributed by atoms with Gasteiger partial charge in [0.05, 0.1) is 0 Å². The van der Waals surface area contributed by atoms with Gasteiger partial charge < -0.3 is 5.32 Å². The zero-order valence-electron chi connectivity index (χ0n) is 5.04. The van der Waals surface area contributed by atoms with E-state index in [0.29, 0.717) is 0 Å². The number of allylic oxidation sites excluding steroid dienone is 1. The predicted molar refractivity (Wildman–Crippen MR) is 39.6 cm³/mol. The zero-order chi connectivity index (χ0) is 5.82. The Kier molecular flexibility index (Phi) is 2.51. The van der Waals surface area contributed by atoms with E-state index in [9.17, 15) is 0 Å². The Labute approximate surface area is 52.3 Å². The van der Waals surface area contributed by atoms with Crippen molar-refractivity contribution >= 4 is 8.58 Å². The molecule has 0 aromatic heterocycles. The van der Waals surface area contributed by atoms with Crippen LogP contribution in [0.3, 0.4) is 0 Å². The SMILES string of the molecule is C=C1CCCNCP1. The van der Waals surface area contributed by atoms with Gasteiger partial charge in [0.2, 0.25) is 0 Å². The molecule has 0 radical (unpaired) electrons. The maximum Gasteiger partial charge on any atom is 0.0165 e. The molecule has 0 bridgehead atoms. The normalized spacial score (nSPS) is 25.8. The summed E-state index contributed by atoms with van der Waals surface area (Å²) in [6.45, 7) is 5.13. The molecule has 0 aromatic rings. The standard InChI is InChI=1S/C6H12NP/c1-6-3-2-4-7-5-8-6/h7-8H,1-5H2. The molecule has 1 rings (SSSR count). The first kappa shape index (κ1) is 6.25. The van der Waals surface area contributed by atoms with Gasteiger partial charge in [0.1, 0.15) is 0 Å². The Bertz CT molecular complexity index is 80.5. The van der Waals surface area contributed by atoms with E-state index in [4.69, 9.17) is 0 Å². The zero-order valence-corrected chi connectivity index (χ0v) is 6.04. The topological polar surface area (TPSA) is 12.0 Å². The molecule has 1 nitrogen and oxygen atoms in total. The van der Waals surface area contributed by atoms with Gasteiger partial charge in [-0.1, -0.05) is 20.5 Å². The summed E-state index contributed by atoms with van der Waals surface area (Å²) in [4.78, 5) is 0. The molecule has 1 unspecified atom stereocenters. The largest absolute Gasteiger partial charge is 0.313 e. The van der Waals surface area contributed by atoms with Crippen LogP contribution in [0.4, 0.5) is 0 Å². The number of hydrogen-bond acceptors (Lipinski definition) is 1. The Balaban J connectivity index is 2.27. The van der Waals surface area contributed by atoms with E-state index in [1.165, 1.54) is 31.0 Å². The molecule has 2 heteroatoms. The van der Waals surface area contributed by atoms with Crippen molar-refractivity contribution in [3.8, 4) is 0 Å². The average molecular weight is 129 g/mol. The van der Waals surface area contributed by atoms with Gasteiger partial charge in [-0.3, -0.25) is 0 Å². The molecule has 0 amide bonds. The molecule has 1 N–H and O–H groups in total. The molecule has 1 atom stereocenters. The highest BCUT2D eigenvalue weighted by atomic mass is 31.1. The second-order valence-corrected chi connectivity index (χ2v) is 3.47. The average Bonchev–Trinajstić information content (AvgIpc) is 1.94. The summed E-state index contributed by atoms with van der Waals surface area (Å²) in [5.41, 5.74) is 0. The fourth-order valence-electron chi connectivity index (χ4n) is 0.791. The highest BCUT2D eigenvalue weighted by Gasteiger charge is 1.98. The van der Waals surface area contributed by atoms with Gasteiger partial charge in [0.25, 0.3) is 0 Å². The number of nitrogens with one attached hydrogen (secondary N) is 1. The van der Waals surface area contributed by atoms with Gasteiger partial charge >= 0.3 is 0 Å². The van der Waals surface area contributed by atoms with E-state index in [1.54, 1.807) is 0 Å². The fourth-order valence-corrected chi connectivity index (χ4v) is 1.70. The van der Waals surface area contributed by atoms with Crippen molar-refractivity contribution in [2.24, 2.45) is 0 Å². The molecule has 1 saturated heterocycles. The predicted octanol–water partition coefficient (Wildman–Crippen LogP) is 1.52. The van der Waals surface area contributed by atoms with Crippen LogP contribution in [-0.2, 0) is 0 Å². The first-order chi connectivity index (χ1) is 3.89. The summed E-state index contributed by atoms with van der Waals surface area (Å²) in [7, 11) is 0.963. The van der Waals surface area contributed by atoms with Crippen LogP contribution in [0.1, 0.15) is 12.8 Å². The van der Waals surface area contributed by atoms with E-state index in [2.05, 4.69) is 11.9 Å². The minimum Gasteiger partial charge on any atom is -0.313 e. The first-order valence-corrected chi connectivity index (χ1v) is 4.22. The summed E-state index contributed by atoms with van der Waals surface area (Å²) < 4.78 is 0. The smallest absolute Gasteiger partial charge is 0.0165 e. The van der Waals surface area contributed by atoms with Crippen LogP contribution in [0.5, 0.6) is 0 Å². The highest BCUT2D eigenvalue weighted by molar-refractivity contribution is 7.42. The van der Waals surface area contributed by atoms with Gasteiger partial charge in [0.15, 0.2) is 0 Å². The first-order valence-electron chi connectivity index (χ1n) is 3.02. The Hall–Kier alpha value is 0.130. The summed E-state index contributed by atoms with van der Waals surface area (Å²) in [6, 6.07) is 0. The molecule has 1 fully saturated rings. The molecule has 0 spiro atoms. The lowest BCUT2D eigenvalue weighted by atomic mass is 10.3. The van der Waals surface area contributed by atoms with Crippen LogP contribution in [0, 0.1) is 0 Å². The molecule has 8 heavy (non-hydrogen) atoms. The third kappa shape index (κ3) is 1.94. The Morgan fingerprint density at radius 3 is 3.38 bits per heavy atom. The van der Waals surface area contributed by atoms with Gasteiger partial charge in [-0.2, -0.15) is 0 Å². The fraction of sp³-hybridized carbons (Fsp3) is 0.667. The van der Waals surface area contributed by atoms with Gasteiger partial charge in [-0.15, -0.1) is 0 Å². The summed E-state index contributed by atoms with van der Waals surface area (Å²) in [6.07, 6.45) is 3.69. The van der Waals surface area contributed by atoms with E-state index in [0.717, 1.165) is 8.58 Å². The lowest BCUT2D eigenvalue weighted by molar-refractivity contribution is 0.732. The maximum atomic E-state index is 3.95. The second kappa shape index (κ2) is 3.21. The van der Waals surface area contributed by atoms with Gasteiger partial charge in [-0.25, -0.2) is 0 Å².